The van der Waals surface area contributed by atoms with Crippen LogP contribution in [0.4, 0.5) is 0 Å². The van der Waals surface area contributed by atoms with Crippen molar-refractivity contribution in [1.82, 2.24) is 14.8 Å². The van der Waals surface area contributed by atoms with Crippen molar-refractivity contribution in [3.63, 3.8) is 0 Å². The van der Waals surface area contributed by atoms with Crippen LogP contribution >= 0.6 is 0 Å². The van der Waals surface area contributed by atoms with Gasteiger partial charge in [0.15, 0.2) is 0 Å². The second kappa shape index (κ2) is 6.57. The molecule has 20 heavy (non-hydrogen) atoms. The molecule has 0 unspecified atom stereocenters. The molecule has 2 rings (SSSR count). The molecule has 0 radical (unpaired) electrons. The van der Waals surface area contributed by atoms with Crippen molar-refractivity contribution in [1.29, 1.82) is 0 Å². The van der Waals surface area contributed by atoms with Crippen molar-refractivity contribution in [2.24, 2.45) is 0 Å². The van der Waals surface area contributed by atoms with E-state index in [2.05, 4.69) is 41.2 Å². The van der Waals surface area contributed by atoms with Gasteiger partial charge in [-0.05, 0) is 18.2 Å². The van der Waals surface area contributed by atoms with E-state index in [0.717, 1.165) is 19.6 Å². The largest absolute Gasteiger partial charge is 0.349 e. The lowest BCUT2D eigenvalue weighted by Crippen LogP contribution is -2.22. The minimum Gasteiger partial charge on any atom is -0.349 e. The highest BCUT2D eigenvalue weighted by Gasteiger charge is 2.09. The Morgan fingerprint density at radius 3 is 2.75 bits per heavy atom. The molecular weight excluding hydrogens is 250 g/mol. The highest BCUT2D eigenvalue weighted by molar-refractivity contribution is 5.84. The fourth-order valence-electron chi connectivity index (χ4n) is 2.35. The summed E-state index contributed by atoms with van der Waals surface area (Å²) in [6.07, 6.45) is 2.70. The fraction of sp³-hybridized carbons (Fsp3) is 0.438. The zero-order valence-corrected chi connectivity index (χ0v) is 12.5. The van der Waals surface area contributed by atoms with Gasteiger partial charge in [-0.3, -0.25) is 4.79 Å². The normalized spacial score (nSPS) is 10.9. The topological polar surface area (TPSA) is 37.3 Å². The maximum absolute atomic E-state index is 11.7. The van der Waals surface area contributed by atoms with E-state index in [4.69, 9.17) is 0 Å². The summed E-state index contributed by atoms with van der Waals surface area (Å²) in [5.74, 6) is 0.163. The molecule has 1 amide bonds. The van der Waals surface area contributed by atoms with Crippen molar-refractivity contribution in [2.75, 3.05) is 20.6 Å². The molecule has 1 heterocycles. The SMILES string of the molecule is CCNCc1cn(CCC(=O)N(C)C)c2ccccc12. The quantitative estimate of drug-likeness (QED) is 0.876. The second-order valence-electron chi connectivity index (χ2n) is 5.18. The number of carbonyl (C=O) groups is 1. The molecule has 108 valence electrons. The lowest BCUT2D eigenvalue weighted by atomic mass is 10.2. The summed E-state index contributed by atoms with van der Waals surface area (Å²) in [6, 6.07) is 8.37. The first-order valence-corrected chi connectivity index (χ1v) is 7.11. The summed E-state index contributed by atoms with van der Waals surface area (Å²) in [4.78, 5) is 13.4. The van der Waals surface area contributed by atoms with Crippen LogP contribution < -0.4 is 5.32 Å². The third kappa shape index (κ3) is 3.20. The van der Waals surface area contributed by atoms with Crippen LogP contribution in [0.2, 0.25) is 0 Å². The van der Waals surface area contributed by atoms with Crippen LogP contribution in [0, 0.1) is 0 Å². The summed E-state index contributed by atoms with van der Waals surface area (Å²) >= 11 is 0. The van der Waals surface area contributed by atoms with Gasteiger partial charge in [0.2, 0.25) is 5.91 Å². The third-order valence-corrected chi connectivity index (χ3v) is 3.50. The third-order valence-electron chi connectivity index (χ3n) is 3.50. The number of rotatable bonds is 6. The van der Waals surface area contributed by atoms with Crippen molar-refractivity contribution in [2.45, 2.75) is 26.4 Å². The number of amides is 1. The van der Waals surface area contributed by atoms with Gasteiger partial charge in [0.25, 0.3) is 0 Å². The molecule has 0 saturated carbocycles. The Morgan fingerprint density at radius 2 is 2.05 bits per heavy atom. The van der Waals surface area contributed by atoms with Crippen LogP contribution in [-0.2, 0) is 17.9 Å². The van der Waals surface area contributed by atoms with Gasteiger partial charge < -0.3 is 14.8 Å². The Hall–Kier alpha value is -1.81. The molecule has 0 aliphatic carbocycles. The minimum absolute atomic E-state index is 0.163. The van der Waals surface area contributed by atoms with Crippen LogP contribution in [0.15, 0.2) is 30.5 Å². The Kier molecular flexibility index (Phi) is 4.79. The molecule has 0 aliphatic heterocycles. The molecule has 0 bridgehead atoms. The van der Waals surface area contributed by atoms with E-state index < -0.39 is 0 Å². The number of aryl methyl sites for hydroxylation is 1. The maximum atomic E-state index is 11.7. The van der Waals surface area contributed by atoms with Crippen molar-refractivity contribution >= 4 is 16.8 Å². The highest BCUT2D eigenvalue weighted by atomic mass is 16.2. The highest BCUT2D eigenvalue weighted by Crippen LogP contribution is 2.21. The van der Waals surface area contributed by atoms with Crippen LogP contribution in [0.5, 0.6) is 0 Å². The minimum atomic E-state index is 0.163. The van der Waals surface area contributed by atoms with E-state index in [0.29, 0.717) is 6.42 Å². The number of para-hydroxylation sites is 1. The number of aromatic nitrogens is 1. The van der Waals surface area contributed by atoms with Gasteiger partial charge in [0.1, 0.15) is 0 Å². The number of hydrogen-bond donors (Lipinski definition) is 1. The van der Waals surface area contributed by atoms with E-state index in [1.165, 1.54) is 16.5 Å². The summed E-state index contributed by atoms with van der Waals surface area (Å²) in [5, 5.41) is 4.63. The Labute approximate surface area is 120 Å². The summed E-state index contributed by atoms with van der Waals surface area (Å²) in [7, 11) is 3.60. The molecular formula is C16H23N3O. The average Bonchev–Trinajstić information content (AvgIpc) is 2.80. The van der Waals surface area contributed by atoms with Crippen molar-refractivity contribution < 1.29 is 4.79 Å². The number of hydrogen-bond acceptors (Lipinski definition) is 2. The molecule has 0 aliphatic rings. The number of nitrogens with one attached hydrogen (secondary N) is 1. The van der Waals surface area contributed by atoms with Gasteiger partial charge in [-0.1, -0.05) is 25.1 Å². The summed E-state index contributed by atoms with van der Waals surface area (Å²) in [5.41, 5.74) is 2.49. The van der Waals surface area contributed by atoms with Gasteiger partial charge >= 0.3 is 0 Å². The van der Waals surface area contributed by atoms with E-state index in [9.17, 15) is 4.79 Å². The Morgan fingerprint density at radius 1 is 1.30 bits per heavy atom. The smallest absolute Gasteiger partial charge is 0.223 e. The molecule has 4 nitrogen and oxygen atoms in total. The van der Waals surface area contributed by atoms with Gasteiger partial charge in [-0.2, -0.15) is 0 Å². The second-order valence-corrected chi connectivity index (χ2v) is 5.18. The number of nitrogens with zero attached hydrogens (tertiary/aromatic N) is 2. The summed E-state index contributed by atoms with van der Waals surface area (Å²) in [6.45, 7) is 4.66. The number of fused-ring (bicyclic) bond motifs is 1. The molecule has 0 spiro atoms. The predicted octanol–water partition coefficient (Wildman–Crippen LogP) is 2.23. The maximum Gasteiger partial charge on any atom is 0.223 e. The lowest BCUT2D eigenvalue weighted by molar-refractivity contribution is -0.128. The first kappa shape index (κ1) is 14.6. The van der Waals surface area contributed by atoms with E-state index >= 15 is 0 Å². The Balaban J connectivity index is 2.22. The van der Waals surface area contributed by atoms with Crippen molar-refractivity contribution in [3.05, 3.63) is 36.0 Å². The fourth-order valence-corrected chi connectivity index (χ4v) is 2.35. The number of benzene rings is 1. The van der Waals surface area contributed by atoms with E-state index in [1.54, 1.807) is 19.0 Å². The molecule has 1 N–H and O–H groups in total. The van der Waals surface area contributed by atoms with Crippen LogP contribution in [0.25, 0.3) is 10.9 Å². The Bertz CT molecular complexity index is 586. The first-order valence-electron chi connectivity index (χ1n) is 7.11. The monoisotopic (exact) mass is 273 g/mol. The lowest BCUT2D eigenvalue weighted by Gasteiger charge is -2.10. The molecule has 0 saturated heterocycles. The van der Waals surface area contributed by atoms with Gasteiger partial charge in [-0.25, -0.2) is 0 Å². The molecule has 4 heteroatoms. The number of carbonyl (C=O) groups excluding carboxylic acids is 1. The van der Waals surface area contributed by atoms with Crippen LogP contribution in [0.1, 0.15) is 18.9 Å². The van der Waals surface area contributed by atoms with E-state index in [1.807, 2.05) is 6.07 Å². The molecule has 0 fully saturated rings. The molecule has 2 aromatic rings. The predicted molar refractivity (Wildman–Crippen MR) is 82.6 cm³/mol. The van der Waals surface area contributed by atoms with Gasteiger partial charge in [0.05, 0.1) is 0 Å². The molecule has 0 atom stereocenters. The van der Waals surface area contributed by atoms with Gasteiger partial charge in [0, 0.05) is 50.7 Å². The molecule has 1 aromatic heterocycles. The standard InChI is InChI=1S/C16H23N3O/c1-4-17-11-13-12-19(10-9-16(20)18(2)3)15-8-6-5-7-14(13)15/h5-8,12,17H,4,9-11H2,1-3H3. The molecule has 1 aromatic carbocycles. The average molecular weight is 273 g/mol. The first-order chi connectivity index (χ1) is 9.63. The van der Waals surface area contributed by atoms with Gasteiger partial charge in [-0.15, -0.1) is 0 Å². The van der Waals surface area contributed by atoms with E-state index in [-0.39, 0.29) is 5.91 Å². The van der Waals surface area contributed by atoms with Crippen molar-refractivity contribution in [3.8, 4) is 0 Å². The van der Waals surface area contributed by atoms with Crippen LogP contribution in [-0.4, -0.2) is 36.0 Å². The summed E-state index contributed by atoms with van der Waals surface area (Å²) < 4.78 is 2.18. The zero-order valence-electron chi connectivity index (χ0n) is 12.5. The van der Waals surface area contributed by atoms with Crippen LogP contribution in [0.3, 0.4) is 0 Å². The zero-order chi connectivity index (χ0) is 14.5.